The molecule has 96 valence electrons. The van der Waals surface area contributed by atoms with Crippen LogP contribution in [0, 0.1) is 0 Å². The molecule has 0 amide bonds. The molecule has 1 N–H and O–H groups in total. The number of rotatable bonds is 5. The smallest absolute Gasteiger partial charge is 0.232 e. The molecule has 0 saturated carbocycles. The number of ether oxygens (including phenoxy) is 1. The van der Waals surface area contributed by atoms with Gasteiger partial charge in [0.05, 0.1) is 24.0 Å². The first-order chi connectivity index (χ1) is 8.69. The Labute approximate surface area is 114 Å². The molecule has 0 spiro atoms. The van der Waals surface area contributed by atoms with Gasteiger partial charge in [0.2, 0.25) is 11.8 Å². The fraction of sp³-hybridized carbons (Fsp3) is 0.364. The number of halogens is 1. The number of nitrogens with zero attached hydrogens (tertiary/aromatic N) is 4. The van der Waals surface area contributed by atoms with Crippen LogP contribution in [0.3, 0.4) is 0 Å². The van der Waals surface area contributed by atoms with Gasteiger partial charge in [0.25, 0.3) is 0 Å². The Morgan fingerprint density at radius 3 is 2.94 bits per heavy atom. The lowest BCUT2D eigenvalue weighted by molar-refractivity contribution is 0.394. The van der Waals surface area contributed by atoms with E-state index in [1.165, 1.54) is 5.56 Å². The van der Waals surface area contributed by atoms with Crippen LogP contribution in [0.2, 0.25) is 0 Å². The van der Waals surface area contributed by atoms with E-state index in [0.29, 0.717) is 11.8 Å². The van der Waals surface area contributed by atoms with E-state index in [9.17, 15) is 0 Å². The number of aryl methyl sites for hydroxylation is 1. The summed E-state index contributed by atoms with van der Waals surface area (Å²) in [5.74, 6) is 1.08. The van der Waals surface area contributed by atoms with Gasteiger partial charge in [-0.3, -0.25) is 4.68 Å². The minimum atomic E-state index is 0.522. The van der Waals surface area contributed by atoms with Crippen LogP contribution in [0.5, 0.6) is 5.88 Å². The Morgan fingerprint density at radius 2 is 2.28 bits per heavy atom. The average Bonchev–Trinajstić information content (AvgIpc) is 2.77. The summed E-state index contributed by atoms with van der Waals surface area (Å²) in [7, 11) is 3.48. The molecule has 0 radical (unpaired) electrons. The molecule has 18 heavy (non-hydrogen) atoms. The van der Waals surface area contributed by atoms with Crippen molar-refractivity contribution in [3.05, 3.63) is 28.6 Å². The van der Waals surface area contributed by atoms with Crippen LogP contribution in [0.15, 0.2) is 23.1 Å². The monoisotopic (exact) mass is 311 g/mol. The average molecular weight is 312 g/mol. The van der Waals surface area contributed by atoms with Gasteiger partial charge in [-0.15, -0.1) is 0 Å². The summed E-state index contributed by atoms with van der Waals surface area (Å²) in [6.45, 7) is 0.747. The Morgan fingerprint density at radius 1 is 1.44 bits per heavy atom. The maximum Gasteiger partial charge on any atom is 0.232 e. The molecule has 0 aliphatic heterocycles. The molecule has 6 nitrogen and oxygen atoms in total. The largest absolute Gasteiger partial charge is 0.480 e. The highest BCUT2D eigenvalue weighted by Crippen LogP contribution is 2.21. The number of methoxy groups -OCH3 is 1. The van der Waals surface area contributed by atoms with Gasteiger partial charge in [0, 0.05) is 19.8 Å². The Balaban J connectivity index is 1.90. The van der Waals surface area contributed by atoms with Crippen LogP contribution < -0.4 is 10.1 Å². The third-order valence-electron chi connectivity index (χ3n) is 2.36. The molecule has 0 fully saturated rings. The fourth-order valence-corrected chi connectivity index (χ4v) is 1.85. The number of nitrogens with one attached hydrogen (secondary N) is 1. The molecule has 0 unspecified atom stereocenters. The van der Waals surface area contributed by atoms with E-state index in [4.69, 9.17) is 4.74 Å². The highest BCUT2D eigenvalue weighted by molar-refractivity contribution is 9.10. The van der Waals surface area contributed by atoms with Crippen LogP contribution in [-0.2, 0) is 13.5 Å². The molecule has 0 saturated heterocycles. The van der Waals surface area contributed by atoms with Crippen LogP contribution in [0.1, 0.15) is 5.56 Å². The Hall–Kier alpha value is -1.63. The normalized spacial score (nSPS) is 10.4. The lowest BCUT2D eigenvalue weighted by Gasteiger charge is -2.06. The van der Waals surface area contributed by atoms with Gasteiger partial charge in [-0.05, 0) is 27.9 Å². The van der Waals surface area contributed by atoms with Crippen LogP contribution in [0.25, 0.3) is 0 Å². The van der Waals surface area contributed by atoms with Crippen molar-refractivity contribution >= 4 is 21.9 Å². The summed E-state index contributed by atoms with van der Waals surface area (Å²) in [4.78, 5) is 8.37. The molecule has 2 aromatic heterocycles. The Kier molecular flexibility index (Phi) is 4.14. The molecule has 7 heteroatoms. The summed E-state index contributed by atoms with van der Waals surface area (Å²) in [5.41, 5.74) is 1.18. The molecule has 0 aliphatic rings. The molecule has 2 rings (SSSR count). The molecule has 0 bridgehead atoms. The maximum absolute atomic E-state index is 5.10. The van der Waals surface area contributed by atoms with Crippen molar-refractivity contribution in [2.24, 2.45) is 7.05 Å². The summed E-state index contributed by atoms with van der Waals surface area (Å²) < 4.78 is 7.63. The molecule has 0 aliphatic carbocycles. The first kappa shape index (κ1) is 12.8. The highest BCUT2D eigenvalue weighted by atomic mass is 79.9. The topological polar surface area (TPSA) is 64.9 Å². The lowest BCUT2D eigenvalue weighted by Crippen LogP contribution is -2.08. The van der Waals surface area contributed by atoms with E-state index in [1.807, 2.05) is 19.4 Å². The Bertz CT molecular complexity index is 528. The zero-order chi connectivity index (χ0) is 13.0. The van der Waals surface area contributed by atoms with Crippen molar-refractivity contribution in [2.75, 3.05) is 19.0 Å². The van der Waals surface area contributed by atoms with E-state index in [1.54, 1.807) is 18.0 Å². The van der Waals surface area contributed by atoms with E-state index >= 15 is 0 Å². The standard InChI is InChI=1S/C11H14BrN5O/c1-17-7-8(5-15-17)3-4-13-11-14-6-9(12)10(16-11)18-2/h5-7H,3-4H2,1-2H3,(H,13,14,16). The predicted molar refractivity (Wildman–Crippen MR) is 71.7 cm³/mol. The number of aromatic nitrogens is 4. The van der Waals surface area contributed by atoms with Gasteiger partial charge in [0.1, 0.15) is 0 Å². The van der Waals surface area contributed by atoms with Gasteiger partial charge in [0.15, 0.2) is 0 Å². The van der Waals surface area contributed by atoms with Crippen LogP contribution in [0.4, 0.5) is 5.95 Å². The molecule has 0 aromatic carbocycles. The van der Waals surface area contributed by atoms with Crippen molar-refractivity contribution in [3.8, 4) is 5.88 Å². The van der Waals surface area contributed by atoms with Crippen molar-refractivity contribution in [2.45, 2.75) is 6.42 Å². The lowest BCUT2D eigenvalue weighted by atomic mass is 10.2. The predicted octanol–water partition coefficient (Wildman–Crippen LogP) is 1.64. The second kappa shape index (κ2) is 5.81. The van der Waals surface area contributed by atoms with Crippen LogP contribution >= 0.6 is 15.9 Å². The summed E-state index contributed by atoms with van der Waals surface area (Å²) in [6.07, 6.45) is 6.38. The van der Waals surface area contributed by atoms with Gasteiger partial charge < -0.3 is 10.1 Å². The SMILES string of the molecule is COc1nc(NCCc2cnn(C)c2)ncc1Br. The molecular weight excluding hydrogens is 298 g/mol. The second-order valence-corrected chi connectivity index (χ2v) is 4.60. The third-order valence-corrected chi connectivity index (χ3v) is 2.90. The maximum atomic E-state index is 5.10. The minimum absolute atomic E-state index is 0.522. The first-order valence-electron chi connectivity index (χ1n) is 5.47. The van der Waals surface area contributed by atoms with Gasteiger partial charge >= 0.3 is 0 Å². The summed E-state index contributed by atoms with van der Waals surface area (Å²) >= 11 is 3.31. The number of hydrogen-bond donors (Lipinski definition) is 1. The van der Waals surface area contributed by atoms with Gasteiger partial charge in [-0.2, -0.15) is 10.1 Å². The van der Waals surface area contributed by atoms with Crippen molar-refractivity contribution < 1.29 is 4.74 Å². The summed E-state index contributed by atoms with van der Waals surface area (Å²) in [6, 6.07) is 0. The number of anilines is 1. The van der Waals surface area contributed by atoms with E-state index in [-0.39, 0.29) is 0 Å². The van der Waals surface area contributed by atoms with Gasteiger partial charge in [-0.1, -0.05) is 0 Å². The fourth-order valence-electron chi connectivity index (χ4n) is 1.50. The van der Waals surface area contributed by atoms with E-state index in [0.717, 1.165) is 17.4 Å². The number of hydrogen-bond acceptors (Lipinski definition) is 5. The third kappa shape index (κ3) is 3.19. The highest BCUT2D eigenvalue weighted by Gasteiger charge is 2.04. The zero-order valence-electron chi connectivity index (χ0n) is 10.2. The molecule has 2 aromatic rings. The quantitative estimate of drug-likeness (QED) is 0.909. The van der Waals surface area contributed by atoms with E-state index < -0.39 is 0 Å². The molecule has 0 atom stereocenters. The summed E-state index contributed by atoms with van der Waals surface area (Å²) in [5, 5.41) is 7.26. The molecule has 2 heterocycles. The minimum Gasteiger partial charge on any atom is -0.480 e. The second-order valence-electron chi connectivity index (χ2n) is 3.75. The first-order valence-corrected chi connectivity index (χ1v) is 6.26. The van der Waals surface area contributed by atoms with Crippen molar-refractivity contribution in [3.63, 3.8) is 0 Å². The van der Waals surface area contributed by atoms with Crippen LogP contribution in [-0.4, -0.2) is 33.4 Å². The van der Waals surface area contributed by atoms with Crippen molar-refractivity contribution in [1.82, 2.24) is 19.7 Å². The van der Waals surface area contributed by atoms with Crippen molar-refractivity contribution in [1.29, 1.82) is 0 Å². The zero-order valence-corrected chi connectivity index (χ0v) is 11.8. The van der Waals surface area contributed by atoms with Gasteiger partial charge in [-0.25, -0.2) is 4.98 Å². The molecular formula is C11H14BrN5O. The van der Waals surface area contributed by atoms with E-state index in [2.05, 4.69) is 36.3 Å².